The molecule has 0 aliphatic heterocycles. The quantitative estimate of drug-likeness (QED) is 0.777. The maximum Gasteiger partial charge on any atom is 0.307 e. The standard InChI is InChI=1S/C16H22O2/c1-5-13-8-9-14(7-6-11(2)3)15(12(13)4)10-16(17)18/h8-9H,2,5-7,10H2,1,3-4H3,(H,17,18). The summed E-state index contributed by atoms with van der Waals surface area (Å²) in [6, 6.07) is 4.20. The lowest BCUT2D eigenvalue weighted by Gasteiger charge is -2.14. The molecule has 1 rings (SSSR count). The highest BCUT2D eigenvalue weighted by Crippen LogP contribution is 2.22. The highest BCUT2D eigenvalue weighted by Gasteiger charge is 2.12. The van der Waals surface area contributed by atoms with Crippen LogP contribution in [0.4, 0.5) is 0 Å². The average Bonchev–Trinajstić information content (AvgIpc) is 2.29. The third kappa shape index (κ3) is 3.73. The molecule has 18 heavy (non-hydrogen) atoms. The molecule has 0 spiro atoms. The Morgan fingerprint density at radius 1 is 1.33 bits per heavy atom. The fourth-order valence-corrected chi connectivity index (χ4v) is 2.22. The second-order valence-corrected chi connectivity index (χ2v) is 4.87. The van der Waals surface area contributed by atoms with Crippen LogP contribution in [0.15, 0.2) is 24.3 Å². The number of aryl methyl sites for hydroxylation is 2. The van der Waals surface area contributed by atoms with Crippen LogP contribution >= 0.6 is 0 Å². The lowest BCUT2D eigenvalue weighted by Crippen LogP contribution is -2.08. The lowest BCUT2D eigenvalue weighted by atomic mass is 9.91. The SMILES string of the molecule is C=C(C)CCc1ccc(CC)c(C)c1CC(=O)O. The van der Waals surface area contributed by atoms with Gasteiger partial charge < -0.3 is 5.11 Å². The Morgan fingerprint density at radius 2 is 1.94 bits per heavy atom. The molecule has 0 unspecified atom stereocenters. The molecule has 98 valence electrons. The van der Waals surface area contributed by atoms with Crippen molar-refractivity contribution in [3.63, 3.8) is 0 Å². The number of carboxylic acids is 1. The summed E-state index contributed by atoms with van der Waals surface area (Å²) in [4.78, 5) is 11.0. The summed E-state index contributed by atoms with van der Waals surface area (Å²) in [7, 11) is 0. The van der Waals surface area contributed by atoms with Crippen molar-refractivity contribution in [3.8, 4) is 0 Å². The van der Waals surface area contributed by atoms with Crippen LogP contribution < -0.4 is 0 Å². The van der Waals surface area contributed by atoms with Gasteiger partial charge in [-0.25, -0.2) is 0 Å². The Morgan fingerprint density at radius 3 is 2.44 bits per heavy atom. The van der Waals surface area contributed by atoms with Crippen molar-refractivity contribution < 1.29 is 9.90 Å². The van der Waals surface area contributed by atoms with E-state index in [1.54, 1.807) is 0 Å². The molecule has 0 amide bonds. The molecule has 0 radical (unpaired) electrons. The van der Waals surface area contributed by atoms with Crippen molar-refractivity contribution in [2.24, 2.45) is 0 Å². The molecular weight excluding hydrogens is 224 g/mol. The van der Waals surface area contributed by atoms with Gasteiger partial charge in [0.05, 0.1) is 6.42 Å². The van der Waals surface area contributed by atoms with E-state index >= 15 is 0 Å². The smallest absolute Gasteiger partial charge is 0.307 e. The first-order valence-electron chi connectivity index (χ1n) is 6.42. The molecule has 0 aromatic heterocycles. The van der Waals surface area contributed by atoms with E-state index in [2.05, 4.69) is 25.6 Å². The van der Waals surface area contributed by atoms with Crippen LogP contribution in [0.3, 0.4) is 0 Å². The summed E-state index contributed by atoms with van der Waals surface area (Å²) in [6.45, 7) is 10.0. The van der Waals surface area contributed by atoms with Crippen molar-refractivity contribution in [3.05, 3.63) is 46.5 Å². The molecule has 0 fully saturated rings. The first-order chi connectivity index (χ1) is 8.45. The molecule has 0 heterocycles. The monoisotopic (exact) mass is 246 g/mol. The number of carboxylic acid groups (broad SMARTS) is 1. The van der Waals surface area contributed by atoms with Gasteiger partial charge in [0, 0.05) is 0 Å². The number of benzene rings is 1. The van der Waals surface area contributed by atoms with Gasteiger partial charge in [0.15, 0.2) is 0 Å². The average molecular weight is 246 g/mol. The normalized spacial score (nSPS) is 10.4. The van der Waals surface area contributed by atoms with Crippen molar-refractivity contribution in [2.75, 3.05) is 0 Å². The largest absolute Gasteiger partial charge is 0.481 e. The summed E-state index contributed by atoms with van der Waals surface area (Å²) in [5.41, 5.74) is 5.65. The fraction of sp³-hybridized carbons (Fsp3) is 0.438. The Hall–Kier alpha value is -1.57. The van der Waals surface area contributed by atoms with Crippen molar-refractivity contribution in [1.82, 2.24) is 0 Å². The minimum absolute atomic E-state index is 0.116. The van der Waals surface area contributed by atoms with E-state index in [1.807, 2.05) is 13.8 Å². The number of allylic oxidation sites excluding steroid dienone is 1. The Labute approximate surface area is 109 Å². The minimum atomic E-state index is -0.761. The van der Waals surface area contributed by atoms with Gasteiger partial charge in [-0.05, 0) is 55.4 Å². The van der Waals surface area contributed by atoms with E-state index in [9.17, 15) is 4.79 Å². The van der Waals surface area contributed by atoms with E-state index in [0.29, 0.717) is 0 Å². The van der Waals surface area contributed by atoms with Crippen LogP contribution in [0, 0.1) is 6.92 Å². The van der Waals surface area contributed by atoms with Gasteiger partial charge in [-0.2, -0.15) is 0 Å². The molecule has 0 aliphatic carbocycles. The topological polar surface area (TPSA) is 37.3 Å². The molecular formula is C16H22O2. The first kappa shape index (κ1) is 14.5. The van der Waals surface area contributed by atoms with Gasteiger partial charge in [0.2, 0.25) is 0 Å². The second-order valence-electron chi connectivity index (χ2n) is 4.87. The third-order valence-electron chi connectivity index (χ3n) is 3.34. The molecule has 0 atom stereocenters. The molecule has 1 aromatic carbocycles. The summed E-state index contributed by atoms with van der Waals surface area (Å²) in [6.07, 6.45) is 2.85. The number of carbonyl (C=O) groups is 1. The van der Waals surface area contributed by atoms with E-state index in [4.69, 9.17) is 5.11 Å². The lowest BCUT2D eigenvalue weighted by molar-refractivity contribution is -0.136. The summed E-state index contributed by atoms with van der Waals surface area (Å²) < 4.78 is 0. The fourth-order valence-electron chi connectivity index (χ4n) is 2.22. The van der Waals surface area contributed by atoms with Gasteiger partial charge in [0.1, 0.15) is 0 Å². The van der Waals surface area contributed by atoms with Crippen molar-refractivity contribution in [2.45, 2.75) is 46.5 Å². The van der Waals surface area contributed by atoms with Gasteiger partial charge >= 0.3 is 5.97 Å². The number of hydrogen-bond donors (Lipinski definition) is 1. The van der Waals surface area contributed by atoms with Gasteiger partial charge in [-0.1, -0.05) is 24.6 Å². The molecule has 1 N–H and O–H groups in total. The Kier molecular flexibility index (Phi) is 5.14. The second kappa shape index (κ2) is 6.39. The van der Waals surface area contributed by atoms with Crippen LogP contribution in [0.5, 0.6) is 0 Å². The van der Waals surface area contributed by atoms with Crippen LogP contribution in [0.25, 0.3) is 0 Å². The van der Waals surface area contributed by atoms with Crippen molar-refractivity contribution in [1.29, 1.82) is 0 Å². The maximum atomic E-state index is 11.0. The zero-order valence-electron chi connectivity index (χ0n) is 11.5. The Balaban J connectivity index is 3.11. The van der Waals surface area contributed by atoms with E-state index < -0.39 is 5.97 Å². The predicted molar refractivity (Wildman–Crippen MR) is 75.0 cm³/mol. The van der Waals surface area contributed by atoms with Crippen LogP contribution in [0.1, 0.15) is 42.5 Å². The highest BCUT2D eigenvalue weighted by molar-refractivity contribution is 5.71. The molecule has 0 saturated heterocycles. The zero-order chi connectivity index (χ0) is 13.7. The number of rotatable bonds is 6. The van der Waals surface area contributed by atoms with Crippen LogP contribution in [-0.2, 0) is 24.1 Å². The molecule has 0 saturated carbocycles. The van der Waals surface area contributed by atoms with E-state index in [0.717, 1.165) is 41.5 Å². The third-order valence-corrected chi connectivity index (χ3v) is 3.34. The molecule has 0 aliphatic rings. The van der Waals surface area contributed by atoms with E-state index in [-0.39, 0.29) is 6.42 Å². The number of hydrogen-bond acceptors (Lipinski definition) is 1. The minimum Gasteiger partial charge on any atom is -0.481 e. The summed E-state index contributed by atoms with van der Waals surface area (Å²) in [5.74, 6) is -0.761. The van der Waals surface area contributed by atoms with Crippen LogP contribution in [-0.4, -0.2) is 11.1 Å². The predicted octanol–water partition coefficient (Wildman–Crippen LogP) is 3.69. The molecule has 1 aromatic rings. The molecule has 0 bridgehead atoms. The van der Waals surface area contributed by atoms with Gasteiger partial charge in [-0.3, -0.25) is 4.79 Å². The first-order valence-corrected chi connectivity index (χ1v) is 6.42. The maximum absolute atomic E-state index is 11.0. The van der Waals surface area contributed by atoms with Gasteiger partial charge in [0.25, 0.3) is 0 Å². The number of aliphatic carboxylic acids is 1. The van der Waals surface area contributed by atoms with Crippen LogP contribution in [0.2, 0.25) is 0 Å². The summed E-state index contributed by atoms with van der Waals surface area (Å²) in [5, 5.41) is 9.04. The molecule has 2 heteroatoms. The zero-order valence-corrected chi connectivity index (χ0v) is 11.5. The Bertz CT molecular complexity index is 458. The van der Waals surface area contributed by atoms with Gasteiger partial charge in [-0.15, -0.1) is 6.58 Å². The van der Waals surface area contributed by atoms with E-state index in [1.165, 1.54) is 5.56 Å². The highest BCUT2D eigenvalue weighted by atomic mass is 16.4. The molecule has 2 nitrogen and oxygen atoms in total. The van der Waals surface area contributed by atoms with Crippen molar-refractivity contribution >= 4 is 5.97 Å². The summed E-state index contributed by atoms with van der Waals surface area (Å²) >= 11 is 0.